The minimum Gasteiger partial charge on any atom is -0.385 e. The molecule has 0 saturated heterocycles. The Morgan fingerprint density at radius 3 is 2.81 bits per heavy atom. The van der Waals surface area contributed by atoms with E-state index in [0.29, 0.717) is 42.8 Å². The number of carbonyl (C=O) groups excluding carboxylic acids is 3. The molecule has 3 heterocycles. The van der Waals surface area contributed by atoms with E-state index in [4.69, 9.17) is 9.73 Å². The Bertz CT molecular complexity index is 1160. The number of hydrogen-bond acceptors (Lipinski definition) is 8. The molecule has 2 atom stereocenters. The average molecular weight is 528 g/mol. The molecule has 0 spiro atoms. The van der Waals surface area contributed by atoms with Crippen molar-refractivity contribution in [3.63, 3.8) is 0 Å². The van der Waals surface area contributed by atoms with E-state index in [2.05, 4.69) is 15.6 Å². The number of para-hydroxylation sites is 1. The van der Waals surface area contributed by atoms with Crippen LogP contribution in [0.15, 0.2) is 51.8 Å². The van der Waals surface area contributed by atoms with Crippen molar-refractivity contribution >= 4 is 57.5 Å². The third-order valence-electron chi connectivity index (χ3n) is 5.70. The molecular weight excluding hydrogens is 498 g/mol. The third kappa shape index (κ3) is 6.03. The van der Waals surface area contributed by atoms with Crippen LogP contribution in [0.5, 0.6) is 0 Å². The summed E-state index contributed by atoms with van der Waals surface area (Å²) in [5, 5.41) is 7.71. The third-order valence-corrected chi connectivity index (χ3v) is 7.89. The number of nitrogens with zero attached hydrogens (tertiary/aromatic N) is 3. The number of methoxy groups -OCH3 is 1. The van der Waals surface area contributed by atoms with Gasteiger partial charge in [0.1, 0.15) is 11.9 Å². The largest absolute Gasteiger partial charge is 0.385 e. The standard InChI is InChI=1S/C25H29N5O4S2/c1-3-20(23(32)26-11-7-12-34-2)36-25-29-18-10-5-4-9-17(18)22-28-19(24(33)30(22)25)14-21(31)27-15-16-8-6-13-35-16/h4-6,8-10,13,19-20H,3,7,11-12,14-15H2,1-2H3,(H,26,32)(H,27,31)/t19-,20+/m1/s1. The number of fused-ring (bicyclic) bond motifs is 3. The number of amides is 3. The molecule has 0 aliphatic carbocycles. The lowest BCUT2D eigenvalue weighted by Gasteiger charge is -2.27. The molecule has 0 radical (unpaired) electrons. The number of hydrogen-bond donors (Lipinski definition) is 2. The number of thiophene rings is 1. The fourth-order valence-electron chi connectivity index (χ4n) is 3.85. The smallest absolute Gasteiger partial charge is 0.259 e. The minimum absolute atomic E-state index is 0.0541. The molecule has 1 aromatic heterocycles. The topological polar surface area (TPSA) is 112 Å². The highest BCUT2D eigenvalue weighted by atomic mass is 32.2. The molecule has 0 unspecified atom stereocenters. The maximum Gasteiger partial charge on any atom is 0.259 e. The maximum atomic E-state index is 13.4. The molecule has 3 amide bonds. The van der Waals surface area contributed by atoms with Crippen LogP contribution in [0.25, 0.3) is 0 Å². The zero-order chi connectivity index (χ0) is 25.5. The Morgan fingerprint density at radius 1 is 1.22 bits per heavy atom. The monoisotopic (exact) mass is 527 g/mol. The lowest BCUT2D eigenvalue weighted by Crippen LogP contribution is -2.44. The normalized spacial score (nSPS) is 17.1. The van der Waals surface area contributed by atoms with Gasteiger partial charge in [0, 0.05) is 30.7 Å². The van der Waals surface area contributed by atoms with E-state index in [1.54, 1.807) is 18.4 Å². The van der Waals surface area contributed by atoms with Crippen LogP contribution in [0.4, 0.5) is 5.69 Å². The van der Waals surface area contributed by atoms with Crippen LogP contribution in [0.3, 0.4) is 0 Å². The van der Waals surface area contributed by atoms with Crippen LogP contribution in [-0.2, 0) is 25.7 Å². The van der Waals surface area contributed by atoms with E-state index >= 15 is 0 Å². The number of benzene rings is 1. The average Bonchev–Trinajstić information content (AvgIpc) is 3.52. The van der Waals surface area contributed by atoms with Gasteiger partial charge >= 0.3 is 0 Å². The highest BCUT2D eigenvalue weighted by molar-refractivity contribution is 8.15. The van der Waals surface area contributed by atoms with Crippen LogP contribution in [0.2, 0.25) is 0 Å². The van der Waals surface area contributed by atoms with E-state index in [-0.39, 0.29) is 24.1 Å². The van der Waals surface area contributed by atoms with Crippen molar-refractivity contribution in [2.45, 2.75) is 44.0 Å². The summed E-state index contributed by atoms with van der Waals surface area (Å²) in [4.78, 5) is 50.7. The summed E-state index contributed by atoms with van der Waals surface area (Å²) >= 11 is 2.80. The second-order valence-corrected chi connectivity index (χ2v) is 10.5. The first kappa shape index (κ1) is 26.1. The molecule has 1 aromatic carbocycles. The molecule has 0 fully saturated rings. The van der Waals surface area contributed by atoms with Gasteiger partial charge in [0.2, 0.25) is 11.8 Å². The maximum absolute atomic E-state index is 13.4. The van der Waals surface area contributed by atoms with Gasteiger partial charge in [-0.25, -0.2) is 9.89 Å². The van der Waals surface area contributed by atoms with Crippen molar-refractivity contribution in [3.05, 3.63) is 52.2 Å². The number of carbonyl (C=O) groups is 3. The number of nitrogens with one attached hydrogen (secondary N) is 2. The molecule has 2 N–H and O–H groups in total. The fourth-order valence-corrected chi connectivity index (χ4v) is 5.54. The molecule has 9 nitrogen and oxygen atoms in total. The Morgan fingerprint density at radius 2 is 2.06 bits per heavy atom. The fraction of sp³-hybridized carbons (Fsp3) is 0.400. The predicted molar refractivity (Wildman–Crippen MR) is 143 cm³/mol. The van der Waals surface area contributed by atoms with Gasteiger partial charge in [-0.05, 0) is 36.4 Å². The molecule has 2 aliphatic rings. The number of ether oxygens (including phenoxy) is 1. The van der Waals surface area contributed by atoms with Gasteiger partial charge in [0.05, 0.1) is 23.9 Å². The molecule has 190 valence electrons. The number of aliphatic imine (C=N–C) groups is 2. The van der Waals surface area contributed by atoms with Crippen molar-refractivity contribution < 1.29 is 19.1 Å². The van der Waals surface area contributed by atoms with Crippen LogP contribution < -0.4 is 10.6 Å². The van der Waals surface area contributed by atoms with Crippen LogP contribution in [0.1, 0.15) is 36.6 Å². The Balaban J connectivity index is 1.49. The minimum atomic E-state index is -0.844. The molecule has 0 bridgehead atoms. The number of amidine groups is 2. The lowest BCUT2D eigenvalue weighted by atomic mass is 10.1. The van der Waals surface area contributed by atoms with Crippen molar-refractivity contribution in [1.29, 1.82) is 0 Å². The van der Waals surface area contributed by atoms with Gasteiger partial charge in [-0.3, -0.25) is 19.4 Å². The van der Waals surface area contributed by atoms with E-state index in [1.165, 1.54) is 16.7 Å². The van der Waals surface area contributed by atoms with E-state index in [1.807, 2.05) is 48.7 Å². The van der Waals surface area contributed by atoms with E-state index in [0.717, 1.165) is 16.9 Å². The first-order valence-electron chi connectivity index (χ1n) is 11.8. The number of rotatable bonds is 11. The van der Waals surface area contributed by atoms with Gasteiger partial charge in [-0.15, -0.1) is 11.3 Å². The molecule has 2 aliphatic heterocycles. The first-order chi connectivity index (χ1) is 17.5. The zero-order valence-electron chi connectivity index (χ0n) is 20.2. The van der Waals surface area contributed by atoms with Gasteiger partial charge < -0.3 is 15.4 Å². The summed E-state index contributed by atoms with van der Waals surface area (Å²) < 4.78 is 5.03. The van der Waals surface area contributed by atoms with Gasteiger partial charge in [-0.1, -0.05) is 36.9 Å². The van der Waals surface area contributed by atoms with Crippen molar-refractivity contribution in [1.82, 2.24) is 15.5 Å². The molecule has 0 saturated carbocycles. The Hall–Kier alpha value is -3.02. The first-order valence-corrected chi connectivity index (χ1v) is 13.6. The highest BCUT2D eigenvalue weighted by Crippen LogP contribution is 2.35. The SMILES string of the molecule is CC[C@H](SC1=Nc2ccccc2C2=N[C@H](CC(=O)NCc3cccs3)C(=O)N12)C(=O)NCCCOC. The Kier molecular flexibility index (Phi) is 8.89. The summed E-state index contributed by atoms with van der Waals surface area (Å²) in [6.07, 6.45) is 1.22. The Labute approximate surface area is 218 Å². The molecular formula is C25H29N5O4S2. The number of thioether (sulfide) groups is 1. The molecule has 36 heavy (non-hydrogen) atoms. The quantitative estimate of drug-likeness (QED) is 0.436. The van der Waals surface area contributed by atoms with Gasteiger partial charge in [0.25, 0.3) is 5.91 Å². The molecule has 4 rings (SSSR count). The summed E-state index contributed by atoms with van der Waals surface area (Å²) in [6, 6.07) is 10.5. The summed E-state index contributed by atoms with van der Waals surface area (Å²) in [5.41, 5.74) is 1.41. The molecule has 2 aromatic rings. The van der Waals surface area contributed by atoms with Crippen LogP contribution >= 0.6 is 23.1 Å². The van der Waals surface area contributed by atoms with Gasteiger partial charge in [-0.2, -0.15) is 0 Å². The second kappa shape index (κ2) is 12.3. The molecule has 11 heteroatoms. The van der Waals surface area contributed by atoms with Gasteiger partial charge in [0.15, 0.2) is 5.17 Å². The van der Waals surface area contributed by atoms with Crippen LogP contribution in [0, 0.1) is 0 Å². The predicted octanol–water partition coefficient (Wildman–Crippen LogP) is 3.08. The zero-order valence-corrected chi connectivity index (χ0v) is 21.9. The van der Waals surface area contributed by atoms with Crippen LogP contribution in [-0.4, -0.2) is 65.2 Å². The van der Waals surface area contributed by atoms with E-state index < -0.39 is 11.3 Å². The van der Waals surface area contributed by atoms with Crippen molar-refractivity contribution in [3.8, 4) is 0 Å². The summed E-state index contributed by atoms with van der Waals surface area (Å²) in [7, 11) is 1.62. The second-order valence-electron chi connectivity index (χ2n) is 8.27. The summed E-state index contributed by atoms with van der Waals surface area (Å²) in [6.45, 7) is 3.42. The van der Waals surface area contributed by atoms with E-state index in [9.17, 15) is 14.4 Å². The van der Waals surface area contributed by atoms with Crippen molar-refractivity contribution in [2.75, 3.05) is 20.3 Å². The van der Waals surface area contributed by atoms with Crippen molar-refractivity contribution in [2.24, 2.45) is 9.98 Å². The lowest BCUT2D eigenvalue weighted by molar-refractivity contribution is -0.128. The highest BCUT2D eigenvalue weighted by Gasteiger charge is 2.43. The summed E-state index contributed by atoms with van der Waals surface area (Å²) in [5.74, 6) is -0.200.